The lowest BCUT2D eigenvalue weighted by molar-refractivity contribution is 0.369. The quantitative estimate of drug-likeness (QED) is 0.624. The van der Waals surface area contributed by atoms with Gasteiger partial charge in [0.15, 0.2) is 5.96 Å². The van der Waals surface area contributed by atoms with Crippen LogP contribution < -0.4 is 15.4 Å². The highest BCUT2D eigenvalue weighted by atomic mass is 16.5. The van der Waals surface area contributed by atoms with Gasteiger partial charge in [0.2, 0.25) is 5.88 Å². The Bertz CT molecular complexity index is 616. The number of aromatic nitrogens is 2. The molecule has 2 aromatic heterocycles. The molecule has 0 spiro atoms. The third-order valence-electron chi connectivity index (χ3n) is 3.37. The van der Waals surface area contributed by atoms with E-state index in [1.807, 2.05) is 19.2 Å². The Morgan fingerprint density at radius 3 is 2.77 bits per heavy atom. The minimum atomic E-state index is 0.581. The van der Waals surface area contributed by atoms with E-state index in [0.717, 1.165) is 29.3 Å². The summed E-state index contributed by atoms with van der Waals surface area (Å²) in [4.78, 5) is 4.21. The predicted molar refractivity (Wildman–Crippen MR) is 84.9 cm³/mol. The number of aryl methyl sites for hydroxylation is 2. The van der Waals surface area contributed by atoms with Crippen LogP contribution in [0.1, 0.15) is 23.9 Å². The topological polar surface area (TPSA) is 76.6 Å². The van der Waals surface area contributed by atoms with Crippen molar-refractivity contribution in [1.29, 1.82) is 0 Å². The first kappa shape index (κ1) is 15.9. The van der Waals surface area contributed by atoms with Crippen molar-refractivity contribution >= 4 is 5.96 Å². The smallest absolute Gasteiger partial charge is 0.216 e. The molecule has 0 radical (unpaired) electrons. The van der Waals surface area contributed by atoms with Crippen molar-refractivity contribution in [2.45, 2.75) is 26.4 Å². The van der Waals surface area contributed by atoms with E-state index in [2.05, 4.69) is 27.6 Å². The van der Waals surface area contributed by atoms with Crippen LogP contribution in [0.5, 0.6) is 5.88 Å². The number of nitrogens with zero attached hydrogens (tertiary/aromatic N) is 3. The highest BCUT2D eigenvalue weighted by Crippen LogP contribution is 2.21. The van der Waals surface area contributed by atoms with Gasteiger partial charge in [0.25, 0.3) is 0 Å². The average molecular weight is 305 g/mol. The highest BCUT2D eigenvalue weighted by molar-refractivity contribution is 5.79. The number of ether oxygens (including phenoxy) is 1. The summed E-state index contributed by atoms with van der Waals surface area (Å²) in [6.07, 6.45) is 2.51. The summed E-state index contributed by atoms with van der Waals surface area (Å²) < 4.78 is 12.5. The van der Waals surface area contributed by atoms with Gasteiger partial charge in [0.1, 0.15) is 5.76 Å². The fraction of sp³-hybridized carbons (Fsp3) is 0.467. The van der Waals surface area contributed by atoms with Gasteiger partial charge in [-0.25, -0.2) is 4.68 Å². The first-order valence-electron chi connectivity index (χ1n) is 7.25. The zero-order valence-corrected chi connectivity index (χ0v) is 13.5. The Morgan fingerprint density at radius 1 is 1.41 bits per heavy atom. The fourth-order valence-electron chi connectivity index (χ4n) is 2.30. The molecule has 0 saturated carbocycles. The molecule has 2 heterocycles. The number of furan rings is 1. The van der Waals surface area contributed by atoms with E-state index in [4.69, 9.17) is 9.15 Å². The maximum absolute atomic E-state index is 5.43. The zero-order valence-electron chi connectivity index (χ0n) is 13.5. The highest BCUT2D eigenvalue weighted by Gasteiger charge is 2.15. The lowest BCUT2D eigenvalue weighted by Gasteiger charge is -2.12. The van der Waals surface area contributed by atoms with Gasteiger partial charge < -0.3 is 19.8 Å². The Balaban J connectivity index is 1.98. The molecule has 0 bridgehead atoms. The maximum Gasteiger partial charge on any atom is 0.216 e. The second-order valence-corrected chi connectivity index (χ2v) is 4.77. The summed E-state index contributed by atoms with van der Waals surface area (Å²) in [5.74, 6) is 2.33. The molecule has 0 aliphatic heterocycles. The van der Waals surface area contributed by atoms with Crippen molar-refractivity contribution in [2.75, 3.05) is 14.2 Å². The van der Waals surface area contributed by atoms with Crippen LogP contribution in [0.4, 0.5) is 0 Å². The fourth-order valence-corrected chi connectivity index (χ4v) is 2.30. The minimum Gasteiger partial charge on any atom is -0.481 e. The lowest BCUT2D eigenvalue weighted by atomic mass is 10.2. The number of hydrogen-bond acceptors (Lipinski definition) is 4. The van der Waals surface area contributed by atoms with Gasteiger partial charge in [0, 0.05) is 14.1 Å². The third kappa shape index (κ3) is 3.60. The van der Waals surface area contributed by atoms with Crippen molar-refractivity contribution in [3.8, 4) is 5.88 Å². The Morgan fingerprint density at radius 2 is 2.18 bits per heavy atom. The molecule has 0 amide bonds. The van der Waals surface area contributed by atoms with Crippen LogP contribution in [0, 0.1) is 0 Å². The summed E-state index contributed by atoms with van der Waals surface area (Å²) in [6, 6.07) is 3.78. The molecule has 0 unspecified atom stereocenters. The van der Waals surface area contributed by atoms with E-state index in [9.17, 15) is 0 Å². The largest absolute Gasteiger partial charge is 0.481 e. The second-order valence-electron chi connectivity index (χ2n) is 4.77. The Kier molecular flexibility index (Phi) is 5.46. The van der Waals surface area contributed by atoms with Gasteiger partial charge in [-0.05, 0) is 18.6 Å². The van der Waals surface area contributed by atoms with Gasteiger partial charge >= 0.3 is 0 Å². The molecule has 2 rings (SSSR count). The summed E-state index contributed by atoms with van der Waals surface area (Å²) in [5.41, 5.74) is 2.07. The summed E-state index contributed by atoms with van der Waals surface area (Å²) >= 11 is 0. The number of hydrogen-bond donors (Lipinski definition) is 2. The number of methoxy groups -OCH3 is 1. The van der Waals surface area contributed by atoms with Gasteiger partial charge in [-0.1, -0.05) is 6.92 Å². The summed E-state index contributed by atoms with van der Waals surface area (Å²) in [7, 11) is 5.27. The van der Waals surface area contributed by atoms with Gasteiger partial charge in [0.05, 0.1) is 37.7 Å². The lowest BCUT2D eigenvalue weighted by Crippen LogP contribution is -2.36. The van der Waals surface area contributed by atoms with Crippen LogP contribution in [-0.4, -0.2) is 29.9 Å². The van der Waals surface area contributed by atoms with Crippen LogP contribution in [0.3, 0.4) is 0 Å². The molecule has 120 valence electrons. The van der Waals surface area contributed by atoms with Gasteiger partial charge in [-0.15, -0.1) is 0 Å². The molecule has 22 heavy (non-hydrogen) atoms. The van der Waals surface area contributed by atoms with Gasteiger partial charge in [-0.3, -0.25) is 4.99 Å². The van der Waals surface area contributed by atoms with Crippen LogP contribution in [0.15, 0.2) is 27.8 Å². The van der Waals surface area contributed by atoms with Crippen LogP contribution in [0.25, 0.3) is 0 Å². The number of guanidine groups is 1. The standard InChI is InChI=1S/C15H23N5O2/c1-5-13-12(14(21-4)20(3)19-13)10-18-15(16-2)17-9-11-7-6-8-22-11/h6-8H,5,9-10H2,1-4H3,(H2,16,17,18). The predicted octanol–water partition coefficient (Wildman–Crippen LogP) is 1.45. The van der Waals surface area contributed by atoms with E-state index in [1.54, 1.807) is 25.1 Å². The van der Waals surface area contributed by atoms with E-state index < -0.39 is 0 Å². The molecule has 0 aliphatic rings. The molecule has 7 nitrogen and oxygen atoms in total. The minimum absolute atomic E-state index is 0.581. The SMILES string of the molecule is CCc1nn(C)c(OC)c1CNC(=NC)NCc1ccco1. The van der Waals surface area contributed by atoms with Crippen molar-refractivity contribution in [3.05, 3.63) is 35.4 Å². The maximum atomic E-state index is 5.43. The van der Waals surface area contributed by atoms with E-state index in [-0.39, 0.29) is 0 Å². The Labute approximate surface area is 130 Å². The van der Waals surface area contributed by atoms with Crippen molar-refractivity contribution < 1.29 is 9.15 Å². The van der Waals surface area contributed by atoms with E-state index in [1.165, 1.54) is 0 Å². The summed E-state index contributed by atoms with van der Waals surface area (Å²) in [6.45, 7) is 3.25. The van der Waals surface area contributed by atoms with Crippen molar-refractivity contribution in [2.24, 2.45) is 12.0 Å². The molecule has 2 aromatic rings. The molecule has 0 aliphatic carbocycles. The first-order valence-corrected chi connectivity index (χ1v) is 7.25. The molecule has 7 heteroatoms. The molecule has 0 saturated heterocycles. The number of rotatable bonds is 6. The zero-order chi connectivity index (χ0) is 15.9. The Hall–Kier alpha value is -2.44. The number of aliphatic imine (C=N–C) groups is 1. The third-order valence-corrected chi connectivity index (χ3v) is 3.37. The molecule has 2 N–H and O–H groups in total. The van der Waals surface area contributed by atoms with Crippen LogP contribution in [0.2, 0.25) is 0 Å². The molecule has 0 fully saturated rings. The molecule has 0 atom stereocenters. The van der Waals surface area contributed by atoms with E-state index in [0.29, 0.717) is 19.0 Å². The summed E-state index contributed by atoms with van der Waals surface area (Å²) in [5, 5.41) is 10.9. The number of nitrogens with one attached hydrogen (secondary N) is 2. The molecule has 0 aromatic carbocycles. The molecular formula is C15H23N5O2. The van der Waals surface area contributed by atoms with Crippen molar-refractivity contribution in [1.82, 2.24) is 20.4 Å². The average Bonchev–Trinajstić information content (AvgIpc) is 3.14. The van der Waals surface area contributed by atoms with Gasteiger partial charge in [-0.2, -0.15) is 5.10 Å². The normalized spacial score (nSPS) is 11.5. The van der Waals surface area contributed by atoms with Crippen molar-refractivity contribution in [3.63, 3.8) is 0 Å². The first-order chi connectivity index (χ1) is 10.7. The second kappa shape index (κ2) is 7.53. The van der Waals surface area contributed by atoms with E-state index >= 15 is 0 Å². The monoisotopic (exact) mass is 305 g/mol. The van der Waals surface area contributed by atoms with Crippen LogP contribution >= 0.6 is 0 Å². The molecular weight excluding hydrogens is 282 g/mol. The van der Waals surface area contributed by atoms with Crippen LogP contribution in [-0.2, 0) is 26.6 Å².